The molecule has 7 aromatic rings. The van der Waals surface area contributed by atoms with Gasteiger partial charge in [-0.1, -0.05) is 158 Å². The largest absolute Gasteiger partial charge is 0.348 e. The highest BCUT2D eigenvalue weighted by Crippen LogP contribution is 2.54. The maximum absolute atomic E-state index is 5.66. The van der Waals surface area contributed by atoms with Gasteiger partial charge in [0.05, 0.1) is 29.0 Å². The summed E-state index contributed by atoms with van der Waals surface area (Å²) in [5, 5.41) is 3.99. The Hall–Kier alpha value is -6.69. The normalized spacial score (nSPS) is 23.0. The molecule has 12 rings (SSSR count). The number of anilines is 1. The number of likely N-dealkylation sites (N-methyl/N-ethyl adjacent to an activating group) is 1. The Labute approximate surface area is 361 Å². The van der Waals surface area contributed by atoms with Crippen molar-refractivity contribution in [3.8, 4) is 11.3 Å². The minimum atomic E-state index is -0.352. The Balaban J connectivity index is 1.05. The van der Waals surface area contributed by atoms with Crippen LogP contribution in [0.15, 0.2) is 205 Å². The number of aliphatic imine (C=N–C) groups is 1. The molecule has 4 unspecified atom stereocenters. The first-order valence-electron chi connectivity index (χ1n) is 21.7. The molecule has 0 saturated heterocycles. The van der Waals surface area contributed by atoms with Gasteiger partial charge in [-0.05, 0) is 78.8 Å². The fraction of sp³-hybridized carbons (Fsp3) is 0.161. The Bertz CT molecular complexity index is 3180. The number of nitrogens with zero attached hydrogens (tertiary/aromatic N) is 4. The summed E-state index contributed by atoms with van der Waals surface area (Å²) in [6.07, 6.45) is 28.7. The van der Waals surface area contributed by atoms with E-state index in [-0.39, 0.29) is 23.5 Å². The van der Waals surface area contributed by atoms with Crippen LogP contribution in [0, 0.1) is 0 Å². The third-order valence-electron chi connectivity index (χ3n) is 13.6. The number of hydrogen-bond acceptors (Lipinski definition) is 4. The van der Waals surface area contributed by atoms with Gasteiger partial charge >= 0.3 is 0 Å². The summed E-state index contributed by atoms with van der Waals surface area (Å²) in [6, 6.07) is 45.0. The number of allylic oxidation sites excluding steroid dienone is 8. The summed E-state index contributed by atoms with van der Waals surface area (Å²) < 4.78 is 5.37. The van der Waals surface area contributed by atoms with Crippen LogP contribution in [0.5, 0.6) is 0 Å². The molecule has 61 heavy (non-hydrogen) atoms. The molecule has 2 aromatic heterocycles. The Morgan fingerprint density at radius 3 is 2.43 bits per heavy atom. The summed E-state index contributed by atoms with van der Waals surface area (Å²) in [6.45, 7) is 2.44. The van der Waals surface area contributed by atoms with E-state index < -0.39 is 0 Å². The number of thiophene rings is 1. The molecular weight excluding hydrogens is 761 g/mol. The van der Waals surface area contributed by atoms with Gasteiger partial charge in [0.1, 0.15) is 11.7 Å². The third-order valence-corrected chi connectivity index (χ3v) is 14.7. The third kappa shape index (κ3) is 5.74. The van der Waals surface area contributed by atoms with Crippen LogP contribution in [0.3, 0.4) is 0 Å². The molecule has 5 heteroatoms. The Morgan fingerprint density at radius 2 is 1.54 bits per heavy atom. The molecule has 0 amide bonds. The van der Waals surface area contributed by atoms with E-state index in [0.29, 0.717) is 0 Å². The molecule has 4 heterocycles. The van der Waals surface area contributed by atoms with E-state index in [0.717, 1.165) is 30.9 Å². The van der Waals surface area contributed by atoms with Gasteiger partial charge in [0.15, 0.2) is 0 Å². The molecule has 0 saturated carbocycles. The second-order valence-electron chi connectivity index (χ2n) is 17.2. The van der Waals surface area contributed by atoms with E-state index in [1.165, 1.54) is 75.9 Å². The van der Waals surface area contributed by atoms with E-state index in [1.807, 2.05) is 11.3 Å². The van der Waals surface area contributed by atoms with Crippen molar-refractivity contribution in [1.29, 1.82) is 0 Å². The fourth-order valence-corrected chi connectivity index (χ4v) is 11.9. The molecule has 0 N–H and O–H groups in total. The van der Waals surface area contributed by atoms with E-state index in [2.05, 4.69) is 217 Å². The van der Waals surface area contributed by atoms with Crippen LogP contribution in [0.4, 0.5) is 5.69 Å². The average Bonchev–Trinajstić information content (AvgIpc) is 3.83. The SMILES string of the molecule is CN1C(C2=CCCC=C2)=NC(N2c3ccccc3-c3c(c4ccccc4n3C3(C)C=CC=C(c4ccc5c(c4)sc4ccccc45)C3)C3C=CC=CC32)=CC1c1ccccc1. The minimum absolute atomic E-state index is 0.00295. The standard InChI is InChI=1S/C56H46N4S/c1-56(33-17-22-40(36-56)39-31-32-42-41-23-12-16-30-50(41)61-51(42)34-39)60-48-29-15-10-25-44(48)53-43-24-9-13-27-46(43)59(47-28-14-11-26-45(47)54(53)60)52-35-49(37-18-5-3-6-19-37)58(2)55(57-52)38-20-7-4-8-21-38/h3,5-7,9-35,43,46,49H,4,8,36H2,1-2H3. The number of fused-ring (bicyclic) bond motifs is 10. The van der Waals surface area contributed by atoms with E-state index in [1.54, 1.807) is 0 Å². The van der Waals surface area contributed by atoms with Crippen LogP contribution in [0.1, 0.15) is 54.8 Å². The number of para-hydroxylation sites is 2. The lowest BCUT2D eigenvalue weighted by Gasteiger charge is -2.40. The van der Waals surface area contributed by atoms with Gasteiger partial charge in [-0.2, -0.15) is 0 Å². The van der Waals surface area contributed by atoms with Crippen molar-refractivity contribution >= 4 is 59.5 Å². The molecule has 5 aliphatic rings. The minimum Gasteiger partial charge on any atom is -0.348 e. The van der Waals surface area contributed by atoms with Crippen molar-refractivity contribution in [3.05, 3.63) is 216 Å². The summed E-state index contributed by atoms with van der Waals surface area (Å²) in [5.74, 6) is 2.07. The van der Waals surface area contributed by atoms with Gasteiger partial charge in [0.2, 0.25) is 0 Å². The van der Waals surface area contributed by atoms with Crippen molar-refractivity contribution in [2.45, 2.75) is 49.7 Å². The summed E-state index contributed by atoms with van der Waals surface area (Å²) in [4.78, 5) is 10.6. The second kappa shape index (κ2) is 14.2. The molecule has 4 nitrogen and oxygen atoms in total. The molecule has 0 radical (unpaired) electrons. The monoisotopic (exact) mass is 806 g/mol. The van der Waals surface area contributed by atoms with Gasteiger partial charge in [0.25, 0.3) is 0 Å². The molecule has 4 atom stereocenters. The van der Waals surface area contributed by atoms with E-state index in [4.69, 9.17) is 4.99 Å². The zero-order valence-corrected chi connectivity index (χ0v) is 35.3. The number of hydrogen-bond donors (Lipinski definition) is 0. The topological polar surface area (TPSA) is 23.8 Å². The highest BCUT2D eigenvalue weighted by molar-refractivity contribution is 7.25. The summed E-state index contributed by atoms with van der Waals surface area (Å²) in [7, 11) is 2.20. The highest BCUT2D eigenvalue weighted by Gasteiger charge is 2.43. The molecule has 5 aromatic carbocycles. The van der Waals surface area contributed by atoms with Crippen LogP contribution in [-0.4, -0.2) is 28.4 Å². The first-order chi connectivity index (χ1) is 30.0. The summed E-state index contributed by atoms with van der Waals surface area (Å²) >= 11 is 1.89. The van der Waals surface area contributed by atoms with Crippen molar-refractivity contribution < 1.29 is 0 Å². The lowest BCUT2D eigenvalue weighted by molar-refractivity contribution is 0.426. The van der Waals surface area contributed by atoms with E-state index in [9.17, 15) is 0 Å². The Kier molecular flexibility index (Phi) is 8.43. The second-order valence-corrected chi connectivity index (χ2v) is 18.3. The fourth-order valence-electron chi connectivity index (χ4n) is 10.7. The molecule has 3 aliphatic carbocycles. The summed E-state index contributed by atoms with van der Waals surface area (Å²) in [5.41, 5.74) is 11.1. The van der Waals surface area contributed by atoms with E-state index >= 15 is 0 Å². The smallest absolute Gasteiger partial charge is 0.138 e. The zero-order chi connectivity index (χ0) is 40.7. The van der Waals surface area contributed by atoms with Crippen LogP contribution in [0.2, 0.25) is 0 Å². The molecule has 0 spiro atoms. The van der Waals surface area contributed by atoms with Gasteiger partial charge < -0.3 is 14.4 Å². The van der Waals surface area contributed by atoms with Crippen LogP contribution in [0.25, 0.3) is 47.9 Å². The van der Waals surface area contributed by atoms with Crippen molar-refractivity contribution in [2.75, 3.05) is 11.9 Å². The molecular formula is C56H46N4S. The van der Waals surface area contributed by atoms with Crippen LogP contribution >= 0.6 is 11.3 Å². The highest BCUT2D eigenvalue weighted by atomic mass is 32.1. The van der Waals surface area contributed by atoms with Crippen molar-refractivity contribution in [1.82, 2.24) is 9.47 Å². The van der Waals surface area contributed by atoms with Gasteiger partial charge in [-0.3, -0.25) is 0 Å². The lowest BCUT2D eigenvalue weighted by Crippen LogP contribution is -2.41. The quantitative estimate of drug-likeness (QED) is 0.173. The first-order valence-corrected chi connectivity index (χ1v) is 22.5. The first kappa shape index (κ1) is 36.2. The molecule has 2 aliphatic heterocycles. The average molecular weight is 807 g/mol. The van der Waals surface area contributed by atoms with Crippen molar-refractivity contribution in [3.63, 3.8) is 0 Å². The lowest BCUT2D eigenvalue weighted by atomic mass is 9.83. The van der Waals surface area contributed by atoms with Gasteiger partial charge in [0, 0.05) is 55.2 Å². The van der Waals surface area contributed by atoms with Crippen molar-refractivity contribution in [2.24, 2.45) is 4.99 Å². The number of rotatable bonds is 5. The maximum atomic E-state index is 5.66. The number of amidine groups is 1. The van der Waals surface area contributed by atoms with Gasteiger partial charge in [-0.15, -0.1) is 11.3 Å². The predicted molar refractivity (Wildman–Crippen MR) is 258 cm³/mol. The molecule has 0 bridgehead atoms. The number of aromatic nitrogens is 1. The molecule has 296 valence electrons. The van der Waals surface area contributed by atoms with Crippen LogP contribution in [-0.2, 0) is 5.54 Å². The van der Waals surface area contributed by atoms with Crippen LogP contribution < -0.4 is 4.90 Å². The molecule has 0 fully saturated rings. The predicted octanol–water partition coefficient (Wildman–Crippen LogP) is 14.0. The number of benzene rings is 5. The zero-order valence-electron chi connectivity index (χ0n) is 34.4. The van der Waals surface area contributed by atoms with Gasteiger partial charge in [-0.25, -0.2) is 4.99 Å². The maximum Gasteiger partial charge on any atom is 0.138 e. The Morgan fingerprint density at radius 1 is 0.754 bits per heavy atom.